The van der Waals surface area contributed by atoms with Gasteiger partial charge in [0.25, 0.3) is 0 Å². The quantitative estimate of drug-likeness (QED) is 0.805. The van der Waals surface area contributed by atoms with Crippen molar-refractivity contribution >= 4 is 5.95 Å². The van der Waals surface area contributed by atoms with Crippen molar-refractivity contribution in [3.8, 4) is 0 Å². The van der Waals surface area contributed by atoms with Gasteiger partial charge in [-0.25, -0.2) is 4.98 Å². The minimum Gasteiger partial charge on any atom is -0.366 e. The highest BCUT2D eigenvalue weighted by atomic mass is 15.2. The van der Waals surface area contributed by atoms with Gasteiger partial charge in [-0.05, 0) is 32.9 Å². The molecule has 1 aliphatic heterocycles. The fourth-order valence-corrected chi connectivity index (χ4v) is 2.37. The van der Waals surface area contributed by atoms with Crippen LogP contribution in [0.25, 0.3) is 0 Å². The molecule has 1 aromatic heterocycles. The summed E-state index contributed by atoms with van der Waals surface area (Å²) < 4.78 is 0. The zero-order valence-corrected chi connectivity index (χ0v) is 9.98. The summed E-state index contributed by atoms with van der Waals surface area (Å²) in [4.78, 5) is 6.64. The van der Waals surface area contributed by atoms with Gasteiger partial charge in [-0.3, -0.25) is 0 Å². The lowest BCUT2D eigenvalue weighted by atomic mass is 9.93. The lowest BCUT2D eigenvalue weighted by molar-refractivity contribution is 0.215. The molecule has 16 heavy (non-hydrogen) atoms. The molecule has 0 radical (unpaired) electrons. The van der Waals surface area contributed by atoms with Crippen LogP contribution in [0.1, 0.15) is 37.1 Å². The Morgan fingerprint density at radius 1 is 1.44 bits per heavy atom. The minimum atomic E-state index is 0.268. The van der Waals surface area contributed by atoms with E-state index in [0.717, 1.165) is 24.5 Å². The van der Waals surface area contributed by atoms with Gasteiger partial charge in [-0.15, -0.1) is 10.2 Å². The molecule has 1 fully saturated rings. The van der Waals surface area contributed by atoms with E-state index in [-0.39, 0.29) is 5.95 Å². The molecule has 0 unspecified atom stereocenters. The summed E-state index contributed by atoms with van der Waals surface area (Å²) in [5.41, 5.74) is 7.46. The Hall–Kier alpha value is -1.23. The third-order valence-corrected chi connectivity index (χ3v) is 3.25. The summed E-state index contributed by atoms with van der Waals surface area (Å²) in [5, 5.41) is 8.07. The molecule has 0 aliphatic carbocycles. The highest BCUT2D eigenvalue weighted by molar-refractivity contribution is 5.21. The maximum Gasteiger partial charge on any atom is 0.240 e. The summed E-state index contributed by atoms with van der Waals surface area (Å²) >= 11 is 0. The lowest BCUT2D eigenvalue weighted by Gasteiger charge is -2.31. The predicted octanol–water partition coefficient (Wildman–Crippen LogP) is 0.962. The number of aromatic nitrogens is 3. The summed E-state index contributed by atoms with van der Waals surface area (Å²) in [5.74, 6) is 0.735. The molecule has 1 aliphatic rings. The van der Waals surface area contributed by atoms with Crippen LogP contribution in [0.15, 0.2) is 0 Å². The number of anilines is 1. The van der Waals surface area contributed by atoms with Crippen LogP contribution < -0.4 is 5.73 Å². The van der Waals surface area contributed by atoms with Crippen molar-refractivity contribution in [2.24, 2.45) is 0 Å². The molecular formula is C11H19N5. The Morgan fingerprint density at radius 2 is 2.25 bits per heavy atom. The average Bonchev–Trinajstić information content (AvgIpc) is 2.29. The van der Waals surface area contributed by atoms with E-state index in [4.69, 9.17) is 5.73 Å². The Kier molecular flexibility index (Phi) is 3.33. The van der Waals surface area contributed by atoms with Crippen LogP contribution in [0.3, 0.4) is 0 Å². The van der Waals surface area contributed by atoms with E-state index < -0.39 is 0 Å². The third-order valence-electron chi connectivity index (χ3n) is 3.25. The van der Waals surface area contributed by atoms with Crippen LogP contribution in [-0.4, -0.2) is 39.7 Å². The summed E-state index contributed by atoms with van der Waals surface area (Å²) in [7, 11) is 0. The Labute approximate surface area is 96.1 Å². The molecule has 0 saturated carbocycles. The first-order chi connectivity index (χ1) is 7.70. The highest BCUT2D eigenvalue weighted by Gasteiger charge is 2.23. The molecule has 2 N–H and O–H groups in total. The van der Waals surface area contributed by atoms with Gasteiger partial charge >= 0.3 is 0 Å². The van der Waals surface area contributed by atoms with Crippen LogP contribution in [-0.2, 0) is 0 Å². The SMILES string of the molecule is CCN1CCC[C@@H](c2nnc(N)nc2C)C1. The Morgan fingerprint density at radius 3 is 2.94 bits per heavy atom. The fourth-order valence-electron chi connectivity index (χ4n) is 2.37. The van der Waals surface area contributed by atoms with Gasteiger partial charge < -0.3 is 10.6 Å². The number of nitrogens with zero attached hydrogens (tertiary/aromatic N) is 4. The van der Waals surface area contributed by atoms with E-state index in [9.17, 15) is 0 Å². The maximum absolute atomic E-state index is 5.52. The molecule has 0 spiro atoms. The number of nitrogens with two attached hydrogens (primary N) is 1. The zero-order chi connectivity index (χ0) is 11.5. The normalized spacial score (nSPS) is 22.2. The molecule has 0 aromatic carbocycles. The van der Waals surface area contributed by atoms with E-state index in [2.05, 4.69) is 27.0 Å². The van der Waals surface area contributed by atoms with E-state index >= 15 is 0 Å². The van der Waals surface area contributed by atoms with Crippen molar-refractivity contribution in [2.75, 3.05) is 25.4 Å². The van der Waals surface area contributed by atoms with Crippen molar-refractivity contribution in [2.45, 2.75) is 32.6 Å². The van der Waals surface area contributed by atoms with Gasteiger partial charge in [-0.2, -0.15) is 0 Å². The number of piperidine rings is 1. The van der Waals surface area contributed by atoms with Crippen LogP contribution in [0, 0.1) is 6.92 Å². The number of hydrogen-bond acceptors (Lipinski definition) is 5. The first kappa shape index (κ1) is 11.3. The Bertz CT molecular complexity index is 365. The molecule has 1 aromatic rings. The second kappa shape index (κ2) is 4.74. The number of aryl methyl sites for hydroxylation is 1. The van der Waals surface area contributed by atoms with E-state index in [1.54, 1.807) is 0 Å². The molecule has 2 rings (SSSR count). The molecule has 88 valence electrons. The average molecular weight is 221 g/mol. The summed E-state index contributed by atoms with van der Waals surface area (Å²) in [6.45, 7) is 7.53. The fraction of sp³-hybridized carbons (Fsp3) is 0.727. The number of rotatable bonds is 2. The largest absolute Gasteiger partial charge is 0.366 e. The lowest BCUT2D eigenvalue weighted by Crippen LogP contribution is -2.34. The molecule has 0 bridgehead atoms. The second-order valence-electron chi connectivity index (χ2n) is 4.37. The van der Waals surface area contributed by atoms with E-state index in [0.29, 0.717) is 5.92 Å². The zero-order valence-electron chi connectivity index (χ0n) is 9.98. The van der Waals surface area contributed by atoms with Crippen LogP contribution in [0.2, 0.25) is 0 Å². The van der Waals surface area contributed by atoms with Crippen LogP contribution >= 0.6 is 0 Å². The van der Waals surface area contributed by atoms with Crippen LogP contribution in [0.4, 0.5) is 5.95 Å². The predicted molar refractivity (Wildman–Crippen MR) is 63.1 cm³/mol. The monoisotopic (exact) mass is 221 g/mol. The van der Waals surface area contributed by atoms with Gasteiger partial charge in [0.1, 0.15) is 0 Å². The molecule has 5 heteroatoms. The topological polar surface area (TPSA) is 67.9 Å². The first-order valence-electron chi connectivity index (χ1n) is 5.89. The summed E-state index contributed by atoms with van der Waals surface area (Å²) in [6, 6.07) is 0. The number of hydrogen-bond donors (Lipinski definition) is 1. The minimum absolute atomic E-state index is 0.268. The smallest absolute Gasteiger partial charge is 0.240 e. The number of likely N-dealkylation sites (tertiary alicyclic amines) is 1. The van der Waals surface area contributed by atoms with Crippen molar-refractivity contribution < 1.29 is 0 Å². The van der Waals surface area contributed by atoms with Crippen molar-refractivity contribution in [1.29, 1.82) is 0 Å². The van der Waals surface area contributed by atoms with E-state index in [1.165, 1.54) is 19.4 Å². The van der Waals surface area contributed by atoms with Gasteiger partial charge in [0.15, 0.2) is 0 Å². The van der Waals surface area contributed by atoms with Gasteiger partial charge in [0, 0.05) is 12.5 Å². The van der Waals surface area contributed by atoms with E-state index in [1.807, 2.05) is 6.92 Å². The second-order valence-corrected chi connectivity index (χ2v) is 4.37. The van der Waals surface area contributed by atoms with Crippen molar-refractivity contribution in [1.82, 2.24) is 20.1 Å². The molecule has 1 saturated heterocycles. The summed E-state index contributed by atoms with van der Waals surface area (Å²) in [6.07, 6.45) is 2.40. The molecule has 0 amide bonds. The molecule has 1 atom stereocenters. The highest BCUT2D eigenvalue weighted by Crippen LogP contribution is 2.26. The van der Waals surface area contributed by atoms with Gasteiger partial charge in [0.05, 0.1) is 11.4 Å². The molecule has 5 nitrogen and oxygen atoms in total. The molecular weight excluding hydrogens is 202 g/mol. The Balaban J connectivity index is 2.16. The first-order valence-corrected chi connectivity index (χ1v) is 5.89. The number of nitrogen functional groups attached to an aromatic ring is 1. The number of likely N-dealkylation sites (N-methyl/N-ethyl adjacent to an activating group) is 1. The standard InChI is InChI=1S/C11H19N5/c1-3-16-6-4-5-9(7-16)10-8(2)13-11(12)15-14-10/h9H,3-7H2,1-2H3,(H2,12,13,15)/t9-/m1/s1. The third kappa shape index (κ3) is 2.29. The van der Waals surface area contributed by atoms with Gasteiger partial charge in [0.2, 0.25) is 5.95 Å². The molecule has 2 heterocycles. The van der Waals surface area contributed by atoms with Gasteiger partial charge in [-0.1, -0.05) is 6.92 Å². The van der Waals surface area contributed by atoms with Crippen molar-refractivity contribution in [3.63, 3.8) is 0 Å². The van der Waals surface area contributed by atoms with Crippen LogP contribution in [0.5, 0.6) is 0 Å². The maximum atomic E-state index is 5.52. The van der Waals surface area contributed by atoms with Crippen molar-refractivity contribution in [3.05, 3.63) is 11.4 Å².